The molecule has 0 atom stereocenters. The fraction of sp³-hybridized carbons (Fsp3) is 0.0769. The molecule has 0 radical (unpaired) electrons. The first-order valence-corrected chi connectivity index (χ1v) is 6.93. The summed E-state index contributed by atoms with van der Waals surface area (Å²) in [6, 6.07) is 10.4. The Morgan fingerprint density at radius 3 is 2.74 bits per heavy atom. The van der Waals surface area contributed by atoms with Gasteiger partial charge in [-0.05, 0) is 24.5 Å². The van der Waals surface area contributed by atoms with Crippen LogP contribution in [0.4, 0.5) is 0 Å². The van der Waals surface area contributed by atoms with Gasteiger partial charge in [0, 0.05) is 11.0 Å². The average Bonchev–Trinajstić information content (AvgIpc) is 2.41. The molecule has 1 aromatic carbocycles. The molecule has 1 heterocycles. The number of nitrogens with zero attached hydrogens (tertiary/aromatic N) is 1. The maximum Gasteiger partial charge on any atom is 0.356 e. The van der Waals surface area contributed by atoms with E-state index in [-0.39, 0.29) is 16.6 Å². The number of pyridine rings is 1. The van der Waals surface area contributed by atoms with Crippen molar-refractivity contribution in [3.63, 3.8) is 0 Å². The van der Waals surface area contributed by atoms with Crippen LogP contribution in [0.3, 0.4) is 0 Å². The zero-order valence-corrected chi connectivity index (χ0v) is 11.5. The summed E-state index contributed by atoms with van der Waals surface area (Å²) in [5.41, 5.74) is -0.221. The van der Waals surface area contributed by atoms with Gasteiger partial charge in [-0.3, -0.25) is 0 Å². The highest BCUT2D eigenvalue weighted by Crippen LogP contribution is 2.31. The van der Waals surface area contributed by atoms with E-state index in [1.807, 2.05) is 24.5 Å². The molecule has 19 heavy (non-hydrogen) atoms. The quantitative estimate of drug-likeness (QED) is 0.866. The Bertz CT molecular complexity index is 619. The average molecular weight is 296 g/mol. The minimum atomic E-state index is -1.19. The summed E-state index contributed by atoms with van der Waals surface area (Å²) in [7, 11) is 0. The molecule has 0 saturated carbocycles. The number of carbonyl (C=O) groups is 1. The lowest BCUT2D eigenvalue weighted by molar-refractivity contribution is 0.0690. The fourth-order valence-electron chi connectivity index (χ4n) is 1.45. The highest BCUT2D eigenvalue weighted by atomic mass is 35.5. The minimum absolute atomic E-state index is 0.0815. The molecule has 0 saturated heterocycles. The standard InChI is InChI=1S/C13H10ClNO3S/c1-19-10-5-3-2-4-9(10)18-11-7-6-8(14)12(15-11)13(16)17/h2-7H,1H3,(H,16,17). The van der Waals surface area contributed by atoms with Crippen molar-refractivity contribution in [1.82, 2.24) is 4.98 Å². The summed E-state index contributed by atoms with van der Waals surface area (Å²) in [6.45, 7) is 0. The van der Waals surface area contributed by atoms with E-state index in [0.717, 1.165) is 4.90 Å². The van der Waals surface area contributed by atoms with Gasteiger partial charge in [0.05, 0.1) is 5.02 Å². The number of carboxylic acids is 1. The van der Waals surface area contributed by atoms with Crippen molar-refractivity contribution in [2.24, 2.45) is 0 Å². The predicted molar refractivity (Wildman–Crippen MR) is 74.5 cm³/mol. The van der Waals surface area contributed by atoms with E-state index in [1.165, 1.54) is 23.9 Å². The fourth-order valence-corrected chi connectivity index (χ4v) is 2.16. The largest absolute Gasteiger partial charge is 0.476 e. The first-order valence-electron chi connectivity index (χ1n) is 5.32. The first kappa shape index (κ1) is 13.7. The summed E-state index contributed by atoms with van der Waals surface area (Å²) in [5.74, 6) is -0.363. The molecule has 6 heteroatoms. The summed E-state index contributed by atoms with van der Waals surface area (Å²) in [5, 5.41) is 9.03. The van der Waals surface area contributed by atoms with Crippen LogP contribution in [0.25, 0.3) is 0 Å². The highest BCUT2D eigenvalue weighted by Gasteiger charge is 2.13. The van der Waals surface area contributed by atoms with Gasteiger partial charge in [0.2, 0.25) is 5.88 Å². The van der Waals surface area contributed by atoms with Crippen LogP contribution in [0.2, 0.25) is 5.02 Å². The molecule has 0 aliphatic heterocycles. The Morgan fingerprint density at radius 1 is 1.32 bits per heavy atom. The lowest BCUT2D eigenvalue weighted by Gasteiger charge is -2.09. The molecule has 0 fully saturated rings. The number of hydrogen-bond donors (Lipinski definition) is 1. The van der Waals surface area contributed by atoms with Gasteiger partial charge < -0.3 is 9.84 Å². The van der Waals surface area contributed by atoms with Crippen LogP contribution < -0.4 is 4.74 Å². The van der Waals surface area contributed by atoms with Crippen molar-refractivity contribution in [3.05, 3.63) is 47.1 Å². The Labute approximate surface area is 119 Å². The number of carboxylic acid groups (broad SMARTS) is 1. The smallest absolute Gasteiger partial charge is 0.356 e. The lowest BCUT2D eigenvalue weighted by Crippen LogP contribution is -2.02. The third-order valence-electron chi connectivity index (χ3n) is 2.31. The topological polar surface area (TPSA) is 59.4 Å². The van der Waals surface area contributed by atoms with Gasteiger partial charge in [0.25, 0.3) is 0 Å². The van der Waals surface area contributed by atoms with Crippen molar-refractivity contribution < 1.29 is 14.6 Å². The molecule has 0 aliphatic rings. The Hall–Kier alpha value is -1.72. The molecule has 0 spiro atoms. The van der Waals surface area contributed by atoms with Gasteiger partial charge in [0.1, 0.15) is 5.75 Å². The zero-order valence-electron chi connectivity index (χ0n) is 9.96. The summed E-state index contributed by atoms with van der Waals surface area (Å²) >= 11 is 7.28. The normalized spacial score (nSPS) is 10.2. The predicted octanol–water partition coefficient (Wildman–Crippen LogP) is 3.95. The highest BCUT2D eigenvalue weighted by molar-refractivity contribution is 7.98. The lowest BCUT2D eigenvalue weighted by atomic mass is 10.3. The molecular weight excluding hydrogens is 286 g/mol. The third kappa shape index (κ3) is 3.19. The van der Waals surface area contributed by atoms with Crippen molar-refractivity contribution >= 4 is 29.3 Å². The summed E-state index contributed by atoms with van der Waals surface area (Å²) in [6.07, 6.45) is 1.93. The van der Waals surface area contributed by atoms with E-state index in [9.17, 15) is 4.79 Å². The van der Waals surface area contributed by atoms with Crippen molar-refractivity contribution in [2.75, 3.05) is 6.26 Å². The Balaban J connectivity index is 2.33. The molecule has 1 N–H and O–H groups in total. The molecular formula is C13H10ClNO3S. The van der Waals surface area contributed by atoms with Crippen LogP contribution >= 0.6 is 23.4 Å². The number of aromatic carboxylic acids is 1. The van der Waals surface area contributed by atoms with E-state index >= 15 is 0 Å². The molecule has 0 aliphatic carbocycles. The van der Waals surface area contributed by atoms with Gasteiger partial charge in [-0.2, -0.15) is 0 Å². The summed E-state index contributed by atoms with van der Waals surface area (Å²) < 4.78 is 5.59. The summed E-state index contributed by atoms with van der Waals surface area (Å²) in [4.78, 5) is 15.8. The van der Waals surface area contributed by atoms with Crippen LogP contribution in [0.1, 0.15) is 10.5 Å². The van der Waals surface area contributed by atoms with Crippen LogP contribution in [-0.2, 0) is 0 Å². The Kier molecular flexibility index (Phi) is 4.29. The molecule has 98 valence electrons. The van der Waals surface area contributed by atoms with E-state index < -0.39 is 5.97 Å². The van der Waals surface area contributed by atoms with Gasteiger partial charge in [-0.15, -0.1) is 11.8 Å². The number of hydrogen-bond acceptors (Lipinski definition) is 4. The van der Waals surface area contributed by atoms with Gasteiger partial charge in [-0.1, -0.05) is 23.7 Å². The molecule has 2 aromatic rings. The zero-order chi connectivity index (χ0) is 13.8. The van der Waals surface area contributed by atoms with Crippen molar-refractivity contribution in [1.29, 1.82) is 0 Å². The molecule has 0 unspecified atom stereocenters. The molecule has 4 nitrogen and oxygen atoms in total. The maximum absolute atomic E-state index is 10.9. The number of thioether (sulfide) groups is 1. The van der Waals surface area contributed by atoms with Crippen LogP contribution in [0, 0.1) is 0 Å². The molecule has 0 bridgehead atoms. The number of rotatable bonds is 4. The van der Waals surface area contributed by atoms with Gasteiger partial charge >= 0.3 is 5.97 Å². The third-order valence-corrected chi connectivity index (χ3v) is 3.39. The molecule has 1 aromatic heterocycles. The first-order chi connectivity index (χ1) is 9.11. The second-order valence-corrected chi connectivity index (χ2v) is 4.79. The number of ether oxygens (including phenoxy) is 1. The SMILES string of the molecule is CSc1ccccc1Oc1ccc(Cl)c(C(=O)O)n1. The number of para-hydroxylation sites is 1. The van der Waals surface area contributed by atoms with E-state index in [4.69, 9.17) is 21.4 Å². The number of halogens is 1. The maximum atomic E-state index is 10.9. The second-order valence-electron chi connectivity index (χ2n) is 3.54. The molecule has 0 amide bonds. The minimum Gasteiger partial charge on any atom is -0.476 e. The van der Waals surface area contributed by atoms with Gasteiger partial charge in [-0.25, -0.2) is 9.78 Å². The van der Waals surface area contributed by atoms with E-state index in [0.29, 0.717) is 5.75 Å². The van der Waals surface area contributed by atoms with Gasteiger partial charge in [0.15, 0.2) is 5.69 Å². The molecule has 2 rings (SSSR count). The van der Waals surface area contributed by atoms with Crippen LogP contribution in [0.5, 0.6) is 11.6 Å². The van der Waals surface area contributed by atoms with Crippen molar-refractivity contribution in [2.45, 2.75) is 4.90 Å². The van der Waals surface area contributed by atoms with Crippen LogP contribution in [0.15, 0.2) is 41.3 Å². The van der Waals surface area contributed by atoms with E-state index in [1.54, 1.807) is 6.07 Å². The van der Waals surface area contributed by atoms with E-state index in [2.05, 4.69) is 4.98 Å². The van der Waals surface area contributed by atoms with Crippen molar-refractivity contribution in [3.8, 4) is 11.6 Å². The monoisotopic (exact) mass is 295 g/mol. The van der Waals surface area contributed by atoms with Crippen LogP contribution in [-0.4, -0.2) is 22.3 Å². The second kappa shape index (κ2) is 5.95. The number of aromatic nitrogens is 1. The number of benzene rings is 1. The Morgan fingerprint density at radius 2 is 2.05 bits per heavy atom.